The molecule has 18 heavy (non-hydrogen) atoms. The summed E-state index contributed by atoms with van der Waals surface area (Å²) in [6.07, 6.45) is 1.86. The van der Waals surface area contributed by atoms with Crippen LogP contribution in [0, 0.1) is 0 Å². The summed E-state index contributed by atoms with van der Waals surface area (Å²) in [7, 11) is 3.43. The topological polar surface area (TPSA) is 56.5 Å². The molecule has 0 unspecified atom stereocenters. The van der Waals surface area contributed by atoms with Crippen LogP contribution in [0.1, 0.15) is 11.3 Å². The summed E-state index contributed by atoms with van der Waals surface area (Å²) in [4.78, 5) is 0. The first-order valence-corrected chi connectivity index (χ1v) is 5.62. The lowest BCUT2D eigenvalue weighted by Crippen LogP contribution is -2.02. The highest BCUT2D eigenvalue weighted by atomic mass is 16.5. The summed E-state index contributed by atoms with van der Waals surface area (Å²) in [5.74, 6) is 1.17. The second-order valence-corrected chi connectivity index (χ2v) is 3.88. The summed E-state index contributed by atoms with van der Waals surface area (Å²) in [5, 5.41) is 13.5. The minimum Gasteiger partial charge on any atom is -0.493 e. The molecule has 0 radical (unpaired) electrons. The molecule has 0 saturated carbocycles. The van der Waals surface area contributed by atoms with Crippen molar-refractivity contribution in [1.29, 1.82) is 0 Å². The quantitative estimate of drug-likeness (QED) is 0.871. The minimum atomic E-state index is -0.0885. The predicted molar refractivity (Wildman–Crippen MR) is 66.5 cm³/mol. The van der Waals surface area contributed by atoms with Gasteiger partial charge >= 0.3 is 0 Å². The summed E-state index contributed by atoms with van der Waals surface area (Å²) in [6, 6.07) is 7.30. The van der Waals surface area contributed by atoms with Crippen LogP contribution in [-0.2, 0) is 20.3 Å². The van der Waals surface area contributed by atoms with Crippen LogP contribution in [0.15, 0.2) is 30.5 Å². The predicted octanol–water partition coefficient (Wildman–Crippen LogP) is 1.50. The molecule has 1 aromatic carbocycles. The Kier molecular flexibility index (Phi) is 3.84. The molecule has 96 valence electrons. The van der Waals surface area contributed by atoms with Crippen LogP contribution in [0.2, 0.25) is 0 Å². The van der Waals surface area contributed by atoms with Gasteiger partial charge in [-0.25, -0.2) is 0 Å². The molecule has 2 rings (SSSR count). The molecular formula is C13H16N2O3. The average molecular weight is 248 g/mol. The zero-order valence-electron chi connectivity index (χ0n) is 10.5. The van der Waals surface area contributed by atoms with Crippen LogP contribution >= 0.6 is 0 Å². The maximum atomic E-state index is 9.28. The highest BCUT2D eigenvalue weighted by Gasteiger charge is 2.10. The number of aryl methyl sites for hydroxylation is 1. The first-order valence-electron chi connectivity index (χ1n) is 5.62. The molecule has 0 atom stereocenters. The van der Waals surface area contributed by atoms with Gasteiger partial charge in [-0.2, -0.15) is 5.10 Å². The summed E-state index contributed by atoms with van der Waals surface area (Å²) in [6.45, 7) is 0.253. The number of rotatable bonds is 5. The number of nitrogens with zero attached hydrogens (tertiary/aromatic N) is 2. The molecule has 0 spiro atoms. The van der Waals surface area contributed by atoms with Gasteiger partial charge in [0.15, 0.2) is 11.5 Å². The van der Waals surface area contributed by atoms with E-state index in [0.717, 1.165) is 5.69 Å². The van der Waals surface area contributed by atoms with Crippen LogP contribution in [0.3, 0.4) is 0 Å². The van der Waals surface area contributed by atoms with E-state index in [0.29, 0.717) is 23.7 Å². The van der Waals surface area contributed by atoms with Crippen molar-refractivity contribution in [1.82, 2.24) is 9.78 Å². The zero-order chi connectivity index (χ0) is 13.0. The zero-order valence-corrected chi connectivity index (χ0v) is 10.5. The number of benzene rings is 1. The average Bonchev–Trinajstić information content (AvgIpc) is 2.81. The van der Waals surface area contributed by atoms with E-state index in [2.05, 4.69) is 5.10 Å². The third-order valence-corrected chi connectivity index (χ3v) is 2.58. The van der Waals surface area contributed by atoms with E-state index in [-0.39, 0.29) is 6.61 Å². The van der Waals surface area contributed by atoms with Crippen molar-refractivity contribution in [3.05, 3.63) is 41.7 Å². The standard InChI is InChI=1S/C13H16N2O3/c1-15-7-6-11(14-15)9-18-13-10(8-16)4-3-5-12(13)17-2/h3-7,16H,8-9H2,1-2H3. The maximum absolute atomic E-state index is 9.28. The Balaban J connectivity index is 2.17. The van der Waals surface area contributed by atoms with E-state index in [4.69, 9.17) is 9.47 Å². The Hall–Kier alpha value is -2.01. The lowest BCUT2D eigenvalue weighted by Gasteiger charge is -2.13. The van der Waals surface area contributed by atoms with Crippen molar-refractivity contribution in [2.24, 2.45) is 7.05 Å². The minimum absolute atomic E-state index is 0.0885. The molecular weight excluding hydrogens is 232 g/mol. The molecule has 1 aromatic heterocycles. The number of para-hydroxylation sites is 1. The Labute approximate surface area is 106 Å². The van der Waals surface area contributed by atoms with Gasteiger partial charge in [-0.1, -0.05) is 12.1 Å². The monoisotopic (exact) mass is 248 g/mol. The molecule has 5 nitrogen and oxygen atoms in total. The maximum Gasteiger partial charge on any atom is 0.167 e. The van der Waals surface area contributed by atoms with Gasteiger partial charge < -0.3 is 14.6 Å². The Morgan fingerprint density at radius 3 is 2.78 bits per heavy atom. The van der Waals surface area contributed by atoms with Gasteiger partial charge in [0, 0.05) is 18.8 Å². The molecule has 0 saturated heterocycles. The number of ether oxygens (including phenoxy) is 2. The summed E-state index contributed by atoms with van der Waals surface area (Å²) >= 11 is 0. The molecule has 0 aliphatic rings. The Morgan fingerprint density at radius 2 is 2.17 bits per heavy atom. The second kappa shape index (κ2) is 5.55. The summed E-state index contributed by atoms with van der Waals surface area (Å²) in [5.41, 5.74) is 1.53. The van der Waals surface area contributed by atoms with Gasteiger partial charge in [0.1, 0.15) is 6.61 Å². The third-order valence-electron chi connectivity index (χ3n) is 2.58. The molecule has 0 aliphatic heterocycles. The van der Waals surface area contributed by atoms with Crippen LogP contribution in [0.5, 0.6) is 11.5 Å². The first-order chi connectivity index (χ1) is 8.74. The molecule has 0 fully saturated rings. The Bertz CT molecular complexity index is 500. The van der Waals surface area contributed by atoms with Gasteiger partial charge in [0.25, 0.3) is 0 Å². The number of hydrogen-bond acceptors (Lipinski definition) is 4. The molecule has 1 N–H and O–H groups in total. The number of hydrogen-bond donors (Lipinski definition) is 1. The van der Waals surface area contributed by atoms with Crippen molar-refractivity contribution in [2.75, 3.05) is 7.11 Å². The van der Waals surface area contributed by atoms with Crippen LogP contribution in [-0.4, -0.2) is 22.0 Å². The van der Waals surface area contributed by atoms with Gasteiger partial charge in [0.2, 0.25) is 0 Å². The van der Waals surface area contributed by atoms with Crippen molar-refractivity contribution in [3.63, 3.8) is 0 Å². The summed E-state index contributed by atoms with van der Waals surface area (Å²) < 4.78 is 12.6. The lowest BCUT2D eigenvalue weighted by molar-refractivity contribution is 0.247. The van der Waals surface area contributed by atoms with Crippen molar-refractivity contribution < 1.29 is 14.6 Å². The molecule has 0 aliphatic carbocycles. The SMILES string of the molecule is COc1cccc(CO)c1OCc1ccn(C)n1. The van der Waals surface area contributed by atoms with E-state index in [1.54, 1.807) is 23.9 Å². The molecule has 5 heteroatoms. The van der Waals surface area contributed by atoms with Crippen LogP contribution < -0.4 is 9.47 Å². The normalized spacial score (nSPS) is 10.4. The van der Waals surface area contributed by atoms with Crippen molar-refractivity contribution in [3.8, 4) is 11.5 Å². The van der Waals surface area contributed by atoms with Gasteiger partial charge in [-0.3, -0.25) is 4.68 Å². The number of methoxy groups -OCH3 is 1. The van der Waals surface area contributed by atoms with E-state index in [9.17, 15) is 5.11 Å². The number of aliphatic hydroxyl groups is 1. The van der Waals surface area contributed by atoms with E-state index < -0.39 is 0 Å². The second-order valence-electron chi connectivity index (χ2n) is 3.88. The van der Waals surface area contributed by atoms with E-state index in [1.807, 2.05) is 25.4 Å². The van der Waals surface area contributed by atoms with Crippen LogP contribution in [0.4, 0.5) is 0 Å². The van der Waals surface area contributed by atoms with Gasteiger partial charge in [0.05, 0.1) is 19.4 Å². The third kappa shape index (κ3) is 2.62. The molecule has 1 heterocycles. The lowest BCUT2D eigenvalue weighted by atomic mass is 10.2. The fraction of sp³-hybridized carbons (Fsp3) is 0.308. The Morgan fingerprint density at radius 1 is 1.33 bits per heavy atom. The fourth-order valence-corrected chi connectivity index (χ4v) is 1.70. The fourth-order valence-electron chi connectivity index (χ4n) is 1.70. The smallest absolute Gasteiger partial charge is 0.167 e. The molecule has 2 aromatic rings. The van der Waals surface area contributed by atoms with Gasteiger partial charge in [-0.15, -0.1) is 0 Å². The number of aromatic nitrogens is 2. The highest BCUT2D eigenvalue weighted by molar-refractivity contribution is 5.46. The largest absolute Gasteiger partial charge is 0.493 e. The number of aliphatic hydroxyl groups excluding tert-OH is 1. The van der Waals surface area contributed by atoms with E-state index in [1.165, 1.54) is 0 Å². The molecule has 0 bridgehead atoms. The van der Waals surface area contributed by atoms with Crippen molar-refractivity contribution in [2.45, 2.75) is 13.2 Å². The van der Waals surface area contributed by atoms with Crippen molar-refractivity contribution >= 4 is 0 Å². The van der Waals surface area contributed by atoms with Crippen LogP contribution in [0.25, 0.3) is 0 Å². The highest BCUT2D eigenvalue weighted by Crippen LogP contribution is 2.31. The van der Waals surface area contributed by atoms with Gasteiger partial charge in [-0.05, 0) is 12.1 Å². The van der Waals surface area contributed by atoms with E-state index >= 15 is 0 Å². The molecule has 0 amide bonds. The first kappa shape index (κ1) is 12.4.